The SMILES string of the molecule is CCC1CCCN1C(CN)C1CCC(C(C)(C)C)CC1. The van der Waals surface area contributed by atoms with Gasteiger partial charge in [-0.1, -0.05) is 27.7 Å². The van der Waals surface area contributed by atoms with Crippen molar-refractivity contribution in [2.75, 3.05) is 13.1 Å². The van der Waals surface area contributed by atoms with E-state index in [2.05, 4.69) is 32.6 Å². The van der Waals surface area contributed by atoms with E-state index < -0.39 is 0 Å². The first kappa shape index (κ1) is 16.3. The summed E-state index contributed by atoms with van der Waals surface area (Å²) < 4.78 is 0. The quantitative estimate of drug-likeness (QED) is 0.842. The molecule has 1 saturated heterocycles. The van der Waals surface area contributed by atoms with Crippen LogP contribution in [-0.4, -0.2) is 30.1 Å². The van der Waals surface area contributed by atoms with Gasteiger partial charge in [-0.2, -0.15) is 0 Å². The molecule has 2 rings (SSSR count). The summed E-state index contributed by atoms with van der Waals surface area (Å²) in [4.78, 5) is 2.77. The van der Waals surface area contributed by atoms with E-state index in [4.69, 9.17) is 5.73 Å². The molecule has 0 aromatic rings. The number of likely N-dealkylation sites (tertiary alicyclic amines) is 1. The van der Waals surface area contributed by atoms with Crippen LogP contribution in [0.5, 0.6) is 0 Å². The van der Waals surface area contributed by atoms with E-state index in [1.807, 2.05) is 0 Å². The van der Waals surface area contributed by atoms with Gasteiger partial charge in [-0.15, -0.1) is 0 Å². The van der Waals surface area contributed by atoms with Gasteiger partial charge in [0.2, 0.25) is 0 Å². The molecule has 20 heavy (non-hydrogen) atoms. The summed E-state index contributed by atoms with van der Waals surface area (Å²) in [5.74, 6) is 1.77. The van der Waals surface area contributed by atoms with Gasteiger partial charge in [-0.25, -0.2) is 0 Å². The average Bonchev–Trinajstić information content (AvgIpc) is 2.87. The molecule has 1 heterocycles. The van der Waals surface area contributed by atoms with Gasteiger partial charge >= 0.3 is 0 Å². The van der Waals surface area contributed by atoms with E-state index in [0.717, 1.165) is 24.4 Å². The van der Waals surface area contributed by atoms with E-state index in [1.54, 1.807) is 0 Å². The van der Waals surface area contributed by atoms with E-state index >= 15 is 0 Å². The fourth-order valence-electron chi connectivity index (χ4n) is 4.70. The molecule has 2 atom stereocenters. The number of nitrogens with two attached hydrogens (primary N) is 1. The number of hydrogen-bond donors (Lipinski definition) is 1. The second-order valence-electron chi connectivity index (χ2n) is 8.22. The minimum absolute atomic E-state index is 0.489. The predicted octanol–water partition coefficient (Wildman–Crippen LogP) is 4.04. The molecular formula is C18H36N2. The molecule has 1 saturated carbocycles. The Kier molecular flexibility index (Phi) is 5.53. The highest BCUT2D eigenvalue weighted by atomic mass is 15.2. The molecule has 0 amide bonds. The Hall–Kier alpha value is -0.0800. The van der Waals surface area contributed by atoms with Crippen LogP contribution in [0.2, 0.25) is 0 Å². The van der Waals surface area contributed by atoms with E-state index in [1.165, 1.54) is 51.5 Å². The van der Waals surface area contributed by atoms with Crippen molar-refractivity contribution in [3.05, 3.63) is 0 Å². The maximum Gasteiger partial charge on any atom is 0.0249 e. The molecule has 2 heteroatoms. The maximum atomic E-state index is 6.18. The molecule has 0 aromatic heterocycles. The number of nitrogens with zero attached hydrogens (tertiary/aromatic N) is 1. The molecule has 2 N–H and O–H groups in total. The van der Waals surface area contributed by atoms with Crippen molar-refractivity contribution in [2.45, 2.75) is 84.7 Å². The third kappa shape index (κ3) is 3.57. The lowest BCUT2D eigenvalue weighted by atomic mass is 9.68. The van der Waals surface area contributed by atoms with Crippen LogP contribution in [0, 0.1) is 17.3 Å². The van der Waals surface area contributed by atoms with Crippen molar-refractivity contribution in [3.8, 4) is 0 Å². The van der Waals surface area contributed by atoms with E-state index in [0.29, 0.717) is 11.5 Å². The fourth-order valence-corrected chi connectivity index (χ4v) is 4.70. The number of rotatable bonds is 4. The molecule has 0 radical (unpaired) electrons. The van der Waals surface area contributed by atoms with Crippen molar-refractivity contribution in [3.63, 3.8) is 0 Å². The maximum absolute atomic E-state index is 6.18. The third-order valence-corrected chi connectivity index (χ3v) is 6.10. The first-order valence-electron chi connectivity index (χ1n) is 8.93. The summed E-state index contributed by atoms with van der Waals surface area (Å²) in [5.41, 5.74) is 6.67. The molecule has 2 aliphatic rings. The molecule has 1 aliphatic carbocycles. The molecular weight excluding hydrogens is 244 g/mol. The zero-order chi connectivity index (χ0) is 14.8. The van der Waals surface area contributed by atoms with E-state index in [9.17, 15) is 0 Å². The first-order chi connectivity index (χ1) is 9.47. The van der Waals surface area contributed by atoms with Crippen LogP contribution < -0.4 is 5.73 Å². The van der Waals surface area contributed by atoms with Crippen molar-refractivity contribution in [1.29, 1.82) is 0 Å². The topological polar surface area (TPSA) is 29.3 Å². The normalized spacial score (nSPS) is 34.4. The summed E-state index contributed by atoms with van der Waals surface area (Å²) in [6, 6.07) is 1.47. The van der Waals surface area contributed by atoms with Crippen LogP contribution in [0.4, 0.5) is 0 Å². The molecule has 0 aromatic carbocycles. The highest BCUT2D eigenvalue weighted by Gasteiger charge is 2.37. The minimum Gasteiger partial charge on any atom is -0.329 e. The molecule has 2 nitrogen and oxygen atoms in total. The van der Waals surface area contributed by atoms with Crippen molar-refractivity contribution in [1.82, 2.24) is 4.90 Å². The summed E-state index contributed by atoms with van der Waals surface area (Å²) in [6.45, 7) is 11.7. The lowest BCUT2D eigenvalue weighted by molar-refractivity contribution is 0.0738. The zero-order valence-electron chi connectivity index (χ0n) is 14.2. The molecule has 2 unspecified atom stereocenters. The standard InChI is InChI=1S/C18H36N2/c1-5-16-7-6-12-20(16)17(13-19)14-8-10-15(11-9-14)18(2,3)4/h14-17H,5-13,19H2,1-4H3. The van der Waals surface area contributed by atoms with Crippen LogP contribution in [0.1, 0.15) is 72.6 Å². The van der Waals surface area contributed by atoms with E-state index in [-0.39, 0.29) is 0 Å². The summed E-state index contributed by atoms with van der Waals surface area (Å²) in [6.07, 6.45) is 9.70. The van der Waals surface area contributed by atoms with Crippen LogP contribution in [0.25, 0.3) is 0 Å². The van der Waals surface area contributed by atoms with Gasteiger partial charge in [0.15, 0.2) is 0 Å². The molecule has 0 bridgehead atoms. The Morgan fingerprint density at radius 2 is 1.75 bits per heavy atom. The Balaban J connectivity index is 1.93. The summed E-state index contributed by atoms with van der Waals surface area (Å²) in [7, 11) is 0. The van der Waals surface area contributed by atoms with Crippen molar-refractivity contribution in [2.24, 2.45) is 23.0 Å². The van der Waals surface area contributed by atoms with Crippen LogP contribution >= 0.6 is 0 Å². The summed E-state index contributed by atoms with van der Waals surface area (Å²) >= 11 is 0. The Bertz CT molecular complexity index is 286. The van der Waals surface area contributed by atoms with Crippen molar-refractivity contribution < 1.29 is 0 Å². The van der Waals surface area contributed by atoms with Gasteiger partial charge < -0.3 is 5.73 Å². The second-order valence-corrected chi connectivity index (χ2v) is 8.22. The average molecular weight is 281 g/mol. The highest BCUT2D eigenvalue weighted by Crippen LogP contribution is 2.42. The lowest BCUT2D eigenvalue weighted by Gasteiger charge is -2.43. The van der Waals surface area contributed by atoms with Gasteiger partial charge in [0.1, 0.15) is 0 Å². The van der Waals surface area contributed by atoms with Gasteiger partial charge in [-0.05, 0) is 68.7 Å². The van der Waals surface area contributed by atoms with Crippen LogP contribution in [-0.2, 0) is 0 Å². The minimum atomic E-state index is 0.489. The Morgan fingerprint density at radius 3 is 2.25 bits per heavy atom. The van der Waals surface area contributed by atoms with Crippen molar-refractivity contribution >= 4 is 0 Å². The Labute approximate surface area is 126 Å². The monoisotopic (exact) mass is 280 g/mol. The number of hydrogen-bond acceptors (Lipinski definition) is 2. The fraction of sp³-hybridized carbons (Fsp3) is 1.00. The predicted molar refractivity (Wildman–Crippen MR) is 87.8 cm³/mol. The van der Waals surface area contributed by atoms with Crippen LogP contribution in [0.15, 0.2) is 0 Å². The molecule has 0 spiro atoms. The smallest absolute Gasteiger partial charge is 0.0249 e. The first-order valence-corrected chi connectivity index (χ1v) is 8.93. The van der Waals surface area contributed by atoms with Gasteiger partial charge in [0, 0.05) is 18.6 Å². The largest absolute Gasteiger partial charge is 0.329 e. The summed E-state index contributed by atoms with van der Waals surface area (Å²) in [5, 5.41) is 0. The molecule has 2 fully saturated rings. The Morgan fingerprint density at radius 1 is 1.10 bits per heavy atom. The third-order valence-electron chi connectivity index (χ3n) is 6.10. The second kappa shape index (κ2) is 6.79. The van der Waals surface area contributed by atoms with Gasteiger partial charge in [0.25, 0.3) is 0 Å². The lowest BCUT2D eigenvalue weighted by Crippen LogP contribution is -2.49. The van der Waals surface area contributed by atoms with Gasteiger partial charge in [0.05, 0.1) is 0 Å². The van der Waals surface area contributed by atoms with Crippen LogP contribution in [0.3, 0.4) is 0 Å². The highest BCUT2D eigenvalue weighted by molar-refractivity contribution is 4.91. The van der Waals surface area contributed by atoms with Gasteiger partial charge in [-0.3, -0.25) is 4.90 Å². The molecule has 1 aliphatic heterocycles. The zero-order valence-corrected chi connectivity index (χ0v) is 14.2. The molecule has 118 valence electrons.